The third-order valence-electron chi connectivity index (χ3n) is 3.37. The van der Waals surface area contributed by atoms with E-state index in [1.54, 1.807) is 7.11 Å². The summed E-state index contributed by atoms with van der Waals surface area (Å²) in [4.78, 5) is 0. The summed E-state index contributed by atoms with van der Waals surface area (Å²) in [7, 11) is 1.69. The van der Waals surface area contributed by atoms with Crippen molar-refractivity contribution in [1.29, 1.82) is 0 Å². The lowest BCUT2D eigenvalue weighted by Gasteiger charge is -2.20. The lowest BCUT2D eigenvalue weighted by Crippen LogP contribution is -2.22. The number of aryl methyl sites for hydroxylation is 1. The van der Waals surface area contributed by atoms with E-state index in [1.165, 1.54) is 16.7 Å². The van der Waals surface area contributed by atoms with Crippen LogP contribution in [0.15, 0.2) is 46.9 Å². The molecule has 0 aromatic heterocycles. The van der Waals surface area contributed by atoms with Gasteiger partial charge in [-0.2, -0.15) is 0 Å². The predicted octanol–water partition coefficient (Wildman–Crippen LogP) is 4.47. The van der Waals surface area contributed by atoms with Crippen molar-refractivity contribution in [3.8, 4) is 5.75 Å². The normalized spacial score (nSPS) is 12.2. The summed E-state index contributed by atoms with van der Waals surface area (Å²) in [6.07, 6.45) is 0. The SMILES string of the molecule is CCNC(c1ccc(OC)cc1)c1ccc(Br)c(C)c1. The Labute approximate surface area is 129 Å². The minimum absolute atomic E-state index is 0.206. The molecule has 0 amide bonds. The molecule has 0 spiro atoms. The zero-order chi connectivity index (χ0) is 14.5. The Kier molecular flexibility index (Phi) is 5.21. The van der Waals surface area contributed by atoms with Crippen molar-refractivity contribution in [2.45, 2.75) is 19.9 Å². The fourth-order valence-electron chi connectivity index (χ4n) is 2.28. The Bertz CT molecular complexity index is 566. The van der Waals surface area contributed by atoms with Gasteiger partial charge in [-0.3, -0.25) is 0 Å². The number of hydrogen-bond donors (Lipinski definition) is 1. The van der Waals surface area contributed by atoms with E-state index in [-0.39, 0.29) is 6.04 Å². The van der Waals surface area contributed by atoms with E-state index < -0.39 is 0 Å². The van der Waals surface area contributed by atoms with Crippen LogP contribution >= 0.6 is 15.9 Å². The summed E-state index contributed by atoms with van der Waals surface area (Å²) in [5.74, 6) is 0.885. The number of nitrogens with one attached hydrogen (secondary N) is 1. The summed E-state index contributed by atoms with van der Waals surface area (Å²) in [5, 5.41) is 3.54. The molecular formula is C17H20BrNO. The molecule has 2 aromatic rings. The van der Waals surface area contributed by atoms with Gasteiger partial charge in [0.15, 0.2) is 0 Å². The average molecular weight is 334 g/mol. The van der Waals surface area contributed by atoms with Gasteiger partial charge in [0.05, 0.1) is 13.2 Å². The predicted molar refractivity (Wildman–Crippen MR) is 87.4 cm³/mol. The highest BCUT2D eigenvalue weighted by Crippen LogP contribution is 2.27. The summed E-state index contributed by atoms with van der Waals surface area (Å²) < 4.78 is 6.37. The molecule has 0 bridgehead atoms. The van der Waals surface area contributed by atoms with Gasteiger partial charge in [-0.1, -0.05) is 47.1 Å². The standard InChI is InChI=1S/C17H20BrNO/c1-4-19-17(13-5-8-15(20-3)9-6-13)14-7-10-16(18)12(2)11-14/h5-11,17,19H,4H2,1-3H3. The van der Waals surface area contributed by atoms with Gasteiger partial charge in [-0.05, 0) is 48.4 Å². The number of benzene rings is 2. The summed E-state index contributed by atoms with van der Waals surface area (Å²) in [6, 6.07) is 14.9. The second kappa shape index (κ2) is 6.91. The smallest absolute Gasteiger partial charge is 0.118 e. The topological polar surface area (TPSA) is 21.3 Å². The average Bonchev–Trinajstić information content (AvgIpc) is 2.48. The van der Waals surface area contributed by atoms with Crippen molar-refractivity contribution < 1.29 is 4.74 Å². The number of hydrogen-bond acceptors (Lipinski definition) is 2. The van der Waals surface area contributed by atoms with Gasteiger partial charge in [-0.15, -0.1) is 0 Å². The van der Waals surface area contributed by atoms with E-state index >= 15 is 0 Å². The van der Waals surface area contributed by atoms with E-state index in [0.717, 1.165) is 16.8 Å². The van der Waals surface area contributed by atoms with Crippen molar-refractivity contribution in [2.24, 2.45) is 0 Å². The van der Waals surface area contributed by atoms with Crippen LogP contribution in [0.1, 0.15) is 29.7 Å². The van der Waals surface area contributed by atoms with E-state index in [1.807, 2.05) is 12.1 Å². The quantitative estimate of drug-likeness (QED) is 0.871. The summed E-state index contributed by atoms with van der Waals surface area (Å²) >= 11 is 3.56. The zero-order valence-electron chi connectivity index (χ0n) is 12.1. The Balaban J connectivity index is 2.35. The van der Waals surface area contributed by atoms with Gasteiger partial charge in [-0.25, -0.2) is 0 Å². The van der Waals surface area contributed by atoms with Crippen LogP contribution in [0.3, 0.4) is 0 Å². The van der Waals surface area contributed by atoms with Crippen molar-refractivity contribution in [3.05, 3.63) is 63.6 Å². The molecule has 0 heterocycles. The van der Waals surface area contributed by atoms with Gasteiger partial charge in [0, 0.05) is 4.47 Å². The summed E-state index contributed by atoms with van der Waals surface area (Å²) in [6.45, 7) is 5.17. The number of methoxy groups -OCH3 is 1. The molecular weight excluding hydrogens is 314 g/mol. The van der Waals surface area contributed by atoms with E-state index in [2.05, 4.69) is 65.4 Å². The third-order valence-corrected chi connectivity index (χ3v) is 4.26. The second-order valence-corrected chi connectivity index (χ2v) is 5.63. The molecule has 0 saturated heterocycles. The molecule has 0 saturated carbocycles. The Morgan fingerprint density at radius 1 is 1.10 bits per heavy atom. The lowest BCUT2D eigenvalue weighted by molar-refractivity contribution is 0.414. The van der Waals surface area contributed by atoms with Crippen molar-refractivity contribution in [1.82, 2.24) is 5.32 Å². The molecule has 2 nitrogen and oxygen atoms in total. The van der Waals surface area contributed by atoms with Crippen molar-refractivity contribution >= 4 is 15.9 Å². The number of halogens is 1. The fraction of sp³-hybridized carbons (Fsp3) is 0.294. The molecule has 0 aliphatic heterocycles. The third kappa shape index (κ3) is 3.41. The molecule has 0 radical (unpaired) electrons. The first-order valence-electron chi connectivity index (χ1n) is 6.79. The van der Waals surface area contributed by atoms with Crippen LogP contribution in [-0.4, -0.2) is 13.7 Å². The molecule has 0 aliphatic rings. The van der Waals surface area contributed by atoms with Crippen molar-refractivity contribution in [3.63, 3.8) is 0 Å². The molecule has 1 unspecified atom stereocenters. The van der Waals surface area contributed by atoms with Crippen LogP contribution in [0.5, 0.6) is 5.75 Å². The van der Waals surface area contributed by atoms with Crippen molar-refractivity contribution in [2.75, 3.05) is 13.7 Å². The molecule has 0 fully saturated rings. The first kappa shape index (κ1) is 15.1. The molecule has 2 aromatic carbocycles. The van der Waals surface area contributed by atoms with E-state index in [0.29, 0.717) is 0 Å². The molecule has 2 rings (SSSR count). The highest BCUT2D eigenvalue weighted by molar-refractivity contribution is 9.10. The van der Waals surface area contributed by atoms with Crippen LogP contribution in [0.25, 0.3) is 0 Å². The van der Waals surface area contributed by atoms with E-state index in [4.69, 9.17) is 4.74 Å². The van der Waals surface area contributed by atoms with Crippen LogP contribution in [0, 0.1) is 6.92 Å². The first-order chi connectivity index (χ1) is 9.65. The molecule has 106 valence electrons. The first-order valence-corrected chi connectivity index (χ1v) is 7.58. The van der Waals surface area contributed by atoms with Gasteiger partial charge in [0.2, 0.25) is 0 Å². The number of ether oxygens (including phenoxy) is 1. The Hall–Kier alpha value is -1.32. The molecule has 3 heteroatoms. The van der Waals surface area contributed by atoms with Gasteiger partial charge < -0.3 is 10.1 Å². The minimum atomic E-state index is 0.206. The highest BCUT2D eigenvalue weighted by atomic mass is 79.9. The van der Waals surface area contributed by atoms with Crippen LogP contribution < -0.4 is 10.1 Å². The maximum absolute atomic E-state index is 5.22. The monoisotopic (exact) mass is 333 g/mol. The van der Waals surface area contributed by atoms with Gasteiger partial charge in [0.25, 0.3) is 0 Å². The molecule has 1 N–H and O–H groups in total. The Morgan fingerprint density at radius 2 is 1.75 bits per heavy atom. The lowest BCUT2D eigenvalue weighted by atomic mass is 9.97. The van der Waals surface area contributed by atoms with Gasteiger partial charge in [0.1, 0.15) is 5.75 Å². The van der Waals surface area contributed by atoms with Crippen LogP contribution in [0.2, 0.25) is 0 Å². The number of rotatable bonds is 5. The van der Waals surface area contributed by atoms with Crippen LogP contribution in [-0.2, 0) is 0 Å². The maximum Gasteiger partial charge on any atom is 0.118 e. The molecule has 1 atom stereocenters. The van der Waals surface area contributed by atoms with Crippen LogP contribution in [0.4, 0.5) is 0 Å². The molecule has 20 heavy (non-hydrogen) atoms. The largest absolute Gasteiger partial charge is 0.497 e. The molecule has 0 aliphatic carbocycles. The zero-order valence-corrected chi connectivity index (χ0v) is 13.7. The Morgan fingerprint density at radius 3 is 2.30 bits per heavy atom. The highest BCUT2D eigenvalue weighted by Gasteiger charge is 2.13. The summed E-state index contributed by atoms with van der Waals surface area (Å²) in [5.41, 5.74) is 3.77. The van der Waals surface area contributed by atoms with Gasteiger partial charge >= 0.3 is 0 Å². The fourth-order valence-corrected chi connectivity index (χ4v) is 2.52. The minimum Gasteiger partial charge on any atom is -0.497 e. The second-order valence-electron chi connectivity index (χ2n) is 4.77. The van der Waals surface area contributed by atoms with E-state index in [9.17, 15) is 0 Å². The maximum atomic E-state index is 5.22.